The van der Waals surface area contributed by atoms with E-state index in [-0.39, 0.29) is 0 Å². The fraction of sp³-hybridized carbons (Fsp3) is 0.538. The van der Waals surface area contributed by atoms with Crippen molar-refractivity contribution in [1.29, 1.82) is 0 Å². The molecule has 1 fully saturated rings. The summed E-state index contributed by atoms with van der Waals surface area (Å²) in [5.41, 5.74) is 2.58. The predicted molar refractivity (Wildman–Crippen MR) is 79.0 cm³/mol. The number of rotatable bonds is 6. The molecular weight excluding hydrogens is 346 g/mol. The molecule has 0 atom stereocenters. The summed E-state index contributed by atoms with van der Waals surface area (Å²) in [5.74, 6) is 0. The molecule has 17 heavy (non-hydrogen) atoms. The lowest BCUT2D eigenvalue weighted by Crippen LogP contribution is -2.29. The molecule has 0 amide bonds. The monoisotopic (exact) mass is 361 g/mol. The minimum Gasteiger partial charge on any atom is -0.383 e. The van der Waals surface area contributed by atoms with Gasteiger partial charge in [-0.05, 0) is 30.5 Å². The number of hydrogen-bond donors (Lipinski definition) is 0. The number of hydrogen-bond acceptors (Lipinski definition) is 2. The number of ether oxygens (including phenoxy) is 1. The van der Waals surface area contributed by atoms with E-state index in [1.165, 1.54) is 28.6 Å². The van der Waals surface area contributed by atoms with E-state index in [0.29, 0.717) is 6.04 Å². The van der Waals surface area contributed by atoms with E-state index in [1.807, 2.05) is 0 Å². The van der Waals surface area contributed by atoms with Crippen LogP contribution in [0.3, 0.4) is 0 Å². The molecule has 1 aliphatic carbocycles. The van der Waals surface area contributed by atoms with Crippen LogP contribution in [-0.4, -0.2) is 26.3 Å². The van der Waals surface area contributed by atoms with Gasteiger partial charge >= 0.3 is 0 Å². The number of alkyl halides is 1. The van der Waals surface area contributed by atoms with E-state index in [9.17, 15) is 0 Å². The minimum atomic E-state index is 0.715. The zero-order valence-electron chi connectivity index (χ0n) is 9.96. The summed E-state index contributed by atoms with van der Waals surface area (Å²) in [5, 5.41) is 0.884. The highest BCUT2D eigenvalue weighted by Crippen LogP contribution is 2.33. The van der Waals surface area contributed by atoms with Gasteiger partial charge < -0.3 is 9.64 Å². The Hall–Kier alpha value is -0.0600. The van der Waals surface area contributed by atoms with Crippen molar-refractivity contribution in [1.82, 2.24) is 0 Å². The van der Waals surface area contributed by atoms with Gasteiger partial charge in [-0.1, -0.05) is 37.9 Å². The topological polar surface area (TPSA) is 12.5 Å². The van der Waals surface area contributed by atoms with Crippen molar-refractivity contribution in [2.24, 2.45) is 0 Å². The van der Waals surface area contributed by atoms with Crippen LogP contribution >= 0.6 is 31.9 Å². The molecule has 0 radical (unpaired) electrons. The van der Waals surface area contributed by atoms with E-state index in [4.69, 9.17) is 4.74 Å². The molecule has 0 aliphatic heterocycles. The molecule has 2 rings (SSSR count). The first-order valence-corrected chi connectivity index (χ1v) is 7.77. The number of methoxy groups -OCH3 is 1. The lowest BCUT2D eigenvalue weighted by molar-refractivity contribution is 0.205. The summed E-state index contributed by atoms with van der Waals surface area (Å²) in [4.78, 5) is 2.45. The Kier molecular flexibility index (Phi) is 4.88. The Bertz CT molecular complexity index is 380. The Morgan fingerprint density at radius 1 is 1.41 bits per heavy atom. The summed E-state index contributed by atoms with van der Waals surface area (Å²) >= 11 is 7.11. The van der Waals surface area contributed by atoms with Crippen LogP contribution in [0.2, 0.25) is 0 Å². The van der Waals surface area contributed by atoms with Crippen LogP contribution in [0, 0.1) is 0 Å². The summed E-state index contributed by atoms with van der Waals surface area (Å²) in [7, 11) is 1.76. The molecule has 1 aromatic rings. The van der Waals surface area contributed by atoms with Crippen molar-refractivity contribution in [3.8, 4) is 0 Å². The first kappa shape index (κ1) is 13.4. The third-order valence-electron chi connectivity index (χ3n) is 3.04. The second-order valence-electron chi connectivity index (χ2n) is 4.33. The summed E-state index contributed by atoms with van der Waals surface area (Å²) in [6.45, 7) is 1.76. The molecule has 1 saturated carbocycles. The maximum atomic E-state index is 5.19. The van der Waals surface area contributed by atoms with Gasteiger partial charge in [0.25, 0.3) is 0 Å². The van der Waals surface area contributed by atoms with Gasteiger partial charge in [0, 0.05) is 35.2 Å². The molecular formula is C13H17Br2NO. The number of anilines is 1. The SMILES string of the molecule is COCCN(c1ccc(CBr)c(Br)c1)C1CC1. The second kappa shape index (κ2) is 6.21. The normalized spacial score (nSPS) is 15.0. The molecule has 0 unspecified atom stereocenters. The molecule has 2 nitrogen and oxygen atoms in total. The van der Waals surface area contributed by atoms with E-state index in [0.717, 1.165) is 18.5 Å². The predicted octanol–water partition coefficient (Wildman–Crippen LogP) is 3.96. The molecule has 0 N–H and O–H groups in total. The van der Waals surface area contributed by atoms with Gasteiger partial charge in [0.2, 0.25) is 0 Å². The summed E-state index contributed by atoms with van der Waals surface area (Å²) in [6, 6.07) is 7.31. The average Bonchev–Trinajstić information content (AvgIpc) is 3.14. The molecule has 1 aliphatic rings. The van der Waals surface area contributed by atoms with Gasteiger partial charge in [0.1, 0.15) is 0 Å². The lowest BCUT2D eigenvalue weighted by Gasteiger charge is -2.25. The first-order valence-electron chi connectivity index (χ1n) is 5.86. The quantitative estimate of drug-likeness (QED) is 0.710. The molecule has 94 valence electrons. The smallest absolute Gasteiger partial charge is 0.0637 e. The third kappa shape index (κ3) is 3.46. The number of benzene rings is 1. The van der Waals surface area contributed by atoms with Crippen molar-refractivity contribution in [2.75, 3.05) is 25.2 Å². The zero-order chi connectivity index (χ0) is 12.3. The fourth-order valence-electron chi connectivity index (χ4n) is 1.92. The molecule has 0 spiro atoms. The molecule has 0 saturated heterocycles. The van der Waals surface area contributed by atoms with Crippen LogP contribution in [0.5, 0.6) is 0 Å². The van der Waals surface area contributed by atoms with E-state index >= 15 is 0 Å². The van der Waals surface area contributed by atoms with E-state index in [2.05, 4.69) is 55.0 Å². The first-order chi connectivity index (χ1) is 8.26. The van der Waals surface area contributed by atoms with Crippen molar-refractivity contribution in [3.05, 3.63) is 28.2 Å². The van der Waals surface area contributed by atoms with Crippen molar-refractivity contribution in [3.63, 3.8) is 0 Å². The van der Waals surface area contributed by atoms with Crippen LogP contribution in [0.15, 0.2) is 22.7 Å². The van der Waals surface area contributed by atoms with Gasteiger partial charge in [-0.2, -0.15) is 0 Å². The standard InChI is InChI=1S/C13H17Br2NO/c1-17-7-6-16(11-4-5-11)12-3-2-10(9-14)13(15)8-12/h2-3,8,11H,4-7,9H2,1H3. The molecule has 0 aromatic heterocycles. The van der Waals surface area contributed by atoms with Gasteiger partial charge in [-0.15, -0.1) is 0 Å². The third-order valence-corrected chi connectivity index (χ3v) is 4.38. The highest BCUT2D eigenvalue weighted by molar-refractivity contribution is 9.10. The zero-order valence-corrected chi connectivity index (χ0v) is 13.1. The molecule has 4 heteroatoms. The Morgan fingerprint density at radius 3 is 2.71 bits per heavy atom. The van der Waals surface area contributed by atoms with Crippen molar-refractivity contribution < 1.29 is 4.74 Å². The van der Waals surface area contributed by atoms with Crippen LogP contribution in [0.4, 0.5) is 5.69 Å². The molecule has 0 bridgehead atoms. The number of nitrogens with zero attached hydrogens (tertiary/aromatic N) is 1. The number of halogens is 2. The average molecular weight is 363 g/mol. The van der Waals surface area contributed by atoms with Crippen molar-refractivity contribution >= 4 is 37.5 Å². The van der Waals surface area contributed by atoms with Gasteiger partial charge in [0.05, 0.1) is 6.61 Å². The van der Waals surface area contributed by atoms with Crippen LogP contribution in [0.1, 0.15) is 18.4 Å². The maximum Gasteiger partial charge on any atom is 0.0637 e. The molecule has 1 aromatic carbocycles. The lowest BCUT2D eigenvalue weighted by atomic mass is 10.2. The summed E-state index contributed by atoms with van der Waals surface area (Å²) in [6.07, 6.45) is 2.61. The van der Waals surface area contributed by atoms with Crippen molar-refractivity contribution in [2.45, 2.75) is 24.2 Å². The van der Waals surface area contributed by atoms with Crippen LogP contribution in [-0.2, 0) is 10.1 Å². The maximum absolute atomic E-state index is 5.19. The second-order valence-corrected chi connectivity index (χ2v) is 5.74. The van der Waals surface area contributed by atoms with Gasteiger partial charge in [0.15, 0.2) is 0 Å². The van der Waals surface area contributed by atoms with Crippen LogP contribution < -0.4 is 4.90 Å². The largest absolute Gasteiger partial charge is 0.383 e. The van der Waals surface area contributed by atoms with Gasteiger partial charge in [-0.3, -0.25) is 0 Å². The van der Waals surface area contributed by atoms with Crippen LogP contribution in [0.25, 0.3) is 0 Å². The fourth-order valence-corrected chi connectivity index (χ4v) is 3.29. The highest BCUT2D eigenvalue weighted by atomic mass is 79.9. The Balaban J connectivity index is 2.14. The minimum absolute atomic E-state index is 0.715. The van der Waals surface area contributed by atoms with E-state index < -0.39 is 0 Å². The van der Waals surface area contributed by atoms with E-state index in [1.54, 1.807) is 7.11 Å². The van der Waals surface area contributed by atoms with Gasteiger partial charge in [-0.25, -0.2) is 0 Å². The highest BCUT2D eigenvalue weighted by Gasteiger charge is 2.29. The summed E-state index contributed by atoms with van der Waals surface area (Å²) < 4.78 is 6.36. The Morgan fingerprint density at radius 2 is 2.18 bits per heavy atom. The Labute approximate surface area is 120 Å². The molecule has 0 heterocycles.